The standard InChI is InChI=1S/C22H30F4O.C21H31F/c1-14-2-8-17(9-3-14)18-10-6-15(7-11-18)4-5-16-12-19(23)21(20(24)13-16)27-22(25)26;1-16-2-4-17(5-3-16)6-7-18-8-10-19(11-9-18)20-12-14-21(22)15-13-20/h12-15,17-18,22H,2-11H2,1H3;12-19H,2-11H2,1H3. The molecule has 49 heavy (non-hydrogen) atoms. The van der Waals surface area contributed by atoms with Gasteiger partial charge in [-0.15, -0.1) is 0 Å². The van der Waals surface area contributed by atoms with E-state index in [0.717, 1.165) is 54.1 Å². The quantitative estimate of drug-likeness (QED) is 0.226. The number of alkyl halides is 2. The van der Waals surface area contributed by atoms with Gasteiger partial charge >= 0.3 is 6.61 Å². The van der Waals surface area contributed by atoms with Crippen molar-refractivity contribution in [2.45, 2.75) is 155 Å². The third kappa shape index (κ3) is 12.0. The van der Waals surface area contributed by atoms with Crippen LogP contribution in [0.25, 0.3) is 0 Å². The fourth-order valence-electron chi connectivity index (χ4n) is 9.64. The monoisotopic (exact) mass is 688 g/mol. The maximum atomic E-state index is 13.8. The molecule has 0 unspecified atom stereocenters. The summed E-state index contributed by atoms with van der Waals surface area (Å²) in [6.45, 7) is 1.53. The lowest BCUT2D eigenvalue weighted by molar-refractivity contribution is -0.0546. The zero-order valence-electron chi connectivity index (χ0n) is 30.1. The van der Waals surface area contributed by atoms with Crippen LogP contribution < -0.4 is 4.74 Å². The van der Waals surface area contributed by atoms with Crippen molar-refractivity contribution in [3.05, 3.63) is 65.0 Å². The molecule has 6 heteroatoms. The Morgan fingerprint density at radius 1 is 0.571 bits per heavy atom. The van der Waals surface area contributed by atoms with Crippen molar-refractivity contribution in [2.75, 3.05) is 0 Å². The molecule has 4 fully saturated rings. The van der Waals surface area contributed by atoms with E-state index >= 15 is 0 Å². The molecule has 4 saturated carbocycles. The Bertz CT molecular complexity index is 1210. The summed E-state index contributed by atoms with van der Waals surface area (Å²) in [5, 5.41) is 0. The van der Waals surface area contributed by atoms with Crippen molar-refractivity contribution >= 4 is 0 Å². The van der Waals surface area contributed by atoms with Crippen LogP contribution in [0.2, 0.25) is 0 Å². The topological polar surface area (TPSA) is 9.23 Å². The SMILES string of the molecule is CC1CCC(C2CCC(CCc3cc(F)c(OC(F)F)c(F)c3)CC2)CC1.CC1CCC(CCC2CCC(c3ccc(F)cc3)CC2)CC1. The second kappa shape index (κ2) is 18.9. The van der Waals surface area contributed by atoms with Crippen LogP contribution in [0, 0.1) is 58.9 Å². The molecular formula is C43H61F5O. The van der Waals surface area contributed by atoms with Gasteiger partial charge in [0.05, 0.1) is 0 Å². The van der Waals surface area contributed by atoms with Gasteiger partial charge in [0.15, 0.2) is 17.4 Å². The molecule has 2 aromatic carbocycles. The Labute approximate surface area is 293 Å². The summed E-state index contributed by atoms with van der Waals surface area (Å²) in [6.07, 6.45) is 26.0. The molecule has 0 N–H and O–H groups in total. The van der Waals surface area contributed by atoms with Crippen LogP contribution in [0.5, 0.6) is 5.75 Å². The molecule has 274 valence electrons. The molecular weight excluding hydrogens is 627 g/mol. The molecule has 1 nitrogen and oxygen atoms in total. The second-order valence-electron chi connectivity index (χ2n) is 16.6. The first-order valence-corrected chi connectivity index (χ1v) is 19.8. The maximum Gasteiger partial charge on any atom is 0.387 e. The van der Waals surface area contributed by atoms with Gasteiger partial charge in [-0.25, -0.2) is 13.2 Å². The van der Waals surface area contributed by atoms with Crippen molar-refractivity contribution < 1.29 is 26.7 Å². The van der Waals surface area contributed by atoms with E-state index in [1.165, 1.54) is 121 Å². The largest absolute Gasteiger partial charge is 0.429 e. The van der Waals surface area contributed by atoms with Crippen LogP contribution in [-0.4, -0.2) is 6.61 Å². The first-order valence-electron chi connectivity index (χ1n) is 19.8. The van der Waals surface area contributed by atoms with Crippen LogP contribution in [0.4, 0.5) is 22.0 Å². The van der Waals surface area contributed by atoms with E-state index in [-0.39, 0.29) is 5.82 Å². The number of benzene rings is 2. The Morgan fingerprint density at radius 3 is 1.51 bits per heavy atom. The Hall–Kier alpha value is -2.11. The molecule has 0 amide bonds. The summed E-state index contributed by atoms with van der Waals surface area (Å²) in [4.78, 5) is 0. The van der Waals surface area contributed by atoms with Gasteiger partial charge < -0.3 is 4.74 Å². The summed E-state index contributed by atoms with van der Waals surface area (Å²) >= 11 is 0. The van der Waals surface area contributed by atoms with Crippen molar-refractivity contribution in [1.82, 2.24) is 0 Å². The Balaban J connectivity index is 0.000000195. The first kappa shape index (κ1) is 38.1. The molecule has 4 aliphatic rings. The summed E-state index contributed by atoms with van der Waals surface area (Å²) in [6, 6.07) is 9.45. The molecule has 0 spiro atoms. The number of aryl methyl sites for hydroxylation is 1. The highest BCUT2D eigenvalue weighted by atomic mass is 19.3. The highest BCUT2D eigenvalue weighted by molar-refractivity contribution is 5.31. The van der Waals surface area contributed by atoms with E-state index in [1.807, 2.05) is 12.1 Å². The minimum Gasteiger partial charge on any atom is -0.429 e. The molecule has 0 aliphatic heterocycles. The molecule has 0 atom stereocenters. The van der Waals surface area contributed by atoms with E-state index in [2.05, 4.69) is 18.6 Å². The number of hydrogen-bond donors (Lipinski definition) is 0. The molecule has 0 radical (unpaired) electrons. The lowest BCUT2D eigenvalue weighted by atomic mass is 9.69. The van der Waals surface area contributed by atoms with Gasteiger partial charge in [0, 0.05) is 0 Å². The lowest BCUT2D eigenvalue weighted by Crippen LogP contribution is -2.25. The predicted octanol–water partition coefficient (Wildman–Crippen LogP) is 13.8. The summed E-state index contributed by atoms with van der Waals surface area (Å²) in [5.74, 6) is 3.64. The van der Waals surface area contributed by atoms with Crippen LogP contribution in [0.3, 0.4) is 0 Å². The van der Waals surface area contributed by atoms with Crippen molar-refractivity contribution in [1.29, 1.82) is 0 Å². The molecule has 2 aromatic rings. The average molecular weight is 689 g/mol. The number of ether oxygens (including phenoxy) is 1. The van der Waals surface area contributed by atoms with E-state index < -0.39 is 24.0 Å². The predicted molar refractivity (Wildman–Crippen MR) is 189 cm³/mol. The van der Waals surface area contributed by atoms with E-state index in [4.69, 9.17) is 0 Å². The zero-order chi connectivity index (χ0) is 34.8. The molecule has 4 aliphatic carbocycles. The normalized spacial score (nSPS) is 30.8. The zero-order valence-corrected chi connectivity index (χ0v) is 30.1. The van der Waals surface area contributed by atoms with Gasteiger partial charge in [-0.05, 0) is 147 Å². The fraction of sp³-hybridized carbons (Fsp3) is 0.721. The van der Waals surface area contributed by atoms with Gasteiger partial charge in [-0.1, -0.05) is 90.2 Å². The number of halogens is 5. The second-order valence-corrected chi connectivity index (χ2v) is 16.6. The van der Waals surface area contributed by atoms with Crippen molar-refractivity contribution in [3.63, 3.8) is 0 Å². The first-order chi connectivity index (χ1) is 23.6. The highest BCUT2D eigenvalue weighted by Crippen LogP contribution is 2.43. The summed E-state index contributed by atoms with van der Waals surface area (Å²) in [7, 11) is 0. The van der Waals surface area contributed by atoms with Gasteiger partial charge in [0.2, 0.25) is 0 Å². The van der Waals surface area contributed by atoms with Gasteiger partial charge in [0.1, 0.15) is 5.82 Å². The average Bonchev–Trinajstić information content (AvgIpc) is 3.10. The van der Waals surface area contributed by atoms with Crippen LogP contribution in [-0.2, 0) is 6.42 Å². The smallest absolute Gasteiger partial charge is 0.387 e. The summed E-state index contributed by atoms with van der Waals surface area (Å²) in [5.41, 5.74) is 1.86. The van der Waals surface area contributed by atoms with Gasteiger partial charge in [-0.2, -0.15) is 8.78 Å². The minimum atomic E-state index is -3.23. The van der Waals surface area contributed by atoms with Crippen LogP contribution >= 0.6 is 0 Å². The van der Waals surface area contributed by atoms with Crippen LogP contribution in [0.15, 0.2) is 36.4 Å². The molecule has 0 saturated heterocycles. The van der Waals surface area contributed by atoms with E-state index in [1.54, 1.807) is 12.1 Å². The van der Waals surface area contributed by atoms with Crippen LogP contribution in [0.1, 0.15) is 153 Å². The fourth-order valence-corrected chi connectivity index (χ4v) is 9.64. The summed E-state index contributed by atoms with van der Waals surface area (Å²) < 4.78 is 69.0. The van der Waals surface area contributed by atoms with Gasteiger partial charge in [0.25, 0.3) is 0 Å². The van der Waals surface area contributed by atoms with E-state index in [9.17, 15) is 22.0 Å². The molecule has 0 bridgehead atoms. The third-order valence-corrected chi connectivity index (χ3v) is 13.0. The van der Waals surface area contributed by atoms with Gasteiger partial charge in [-0.3, -0.25) is 0 Å². The minimum absolute atomic E-state index is 0.112. The Morgan fingerprint density at radius 2 is 1.00 bits per heavy atom. The number of hydrogen-bond acceptors (Lipinski definition) is 1. The Kier molecular flexibility index (Phi) is 14.7. The molecule has 0 heterocycles. The third-order valence-electron chi connectivity index (χ3n) is 13.0. The highest BCUT2D eigenvalue weighted by Gasteiger charge is 2.30. The lowest BCUT2D eigenvalue weighted by Gasteiger charge is -2.37. The van der Waals surface area contributed by atoms with Crippen molar-refractivity contribution in [2.24, 2.45) is 41.4 Å². The maximum absolute atomic E-state index is 13.8. The van der Waals surface area contributed by atoms with Crippen molar-refractivity contribution in [3.8, 4) is 5.75 Å². The van der Waals surface area contributed by atoms with E-state index in [0.29, 0.717) is 23.8 Å². The number of rotatable bonds is 10. The molecule has 0 aromatic heterocycles. The molecule has 6 rings (SSSR count).